The number of hydrogen-bond donors (Lipinski definition) is 0. The molecule has 0 bridgehead atoms. The van der Waals surface area contributed by atoms with Crippen molar-refractivity contribution in [2.45, 2.75) is 48.5 Å². The number of hydrogen-bond acceptors (Lipinski definition) is 9. The summed E-state index contributed by atoms with van der Waals surface area (Å²) < 4.78 is 55.3. The van der Waals surface area contributed by atoms with E-state index in [0.717, 1.165) is 48.6 Å². The summed E-state index contributed by atoms with van der Waals surface area (Å²) >= 11 is 0. The summed E-state index contributed by atoms with van der Waals surface area (Å²) in [6.45, 7) is 14.8. The SMILES string of the molecule is COc1c(C)cc([Si](c2cc(C)c(OC)c(OC)c2OC)(c2cc(C)c(OC)c(OC)c2OC)[c-]2c(C)c(C)c(C)c2C)c(OC)c1OC.[Cl-].[Cl-].[Cl-].[Ti+4]. The molecular weight excluding hydrogens is 795 g/mol. The van der Waals surface area contributed by atoms with Crippen LogP contribution >= 0.6 is 0 Å². The molecule has 53 heavy (non-hydrogen) atoms. The number of halogens is 3. The molecule has 0 aliphatic carbocycles. The van der Waals surface area contributed by atoms with Gasteiger partial charge in [0.2, 0.25) is 17.2 Å². The normalized spacial score (nSPS) is 10.4. The quantitative estimate of drug-likeness (QED) is 0.0762. The van der Waals surface area contributed by atoms with Gasteiger partial charge in [0.15, 0.2) is 34.5 Å². The van der Waals surface area contributed by atoms with E-state index in [2.05, 4.69) is 45.9 Å². The van der Waals surface area contributed by atoms with Gasteiger partial charge in [-0.2, -0.15) is 22.3 Å². The topological polar surface area (TPSA) is 83.1 Å². The minimum absolute atomic E-state index is 0. The first kappa shape index (κ1) is 50.0. The maximum atomic E-state index is 6.40. The molecule has 0 heterocycles. The monoisotopic (exact) mass is 844 g/mol. The number of methoxy groups -OCH3 is 9. The van der Waals surface area contributed by atoms with Gasteiger partial charge in [0.05, 0.1) is 64.0 Å². The zero-order chi connectivity index (χ0) is 36.5. The summed E-state index contributed by atoms with van der Waals surface area (Å²) in [6, 6.07) is 6.46. The van der Waals surface area contributed by atoms with Crippen LogP contribution in [-0.2, 0) is 21.7 Å². The second-order valence-electron chi connectivity index (χ2n) is 12.1. The zero-order valence-electron chi connectivity index (χ0n) is 33.5. The molecular formula is C39H51Cl3O9SiTi. The van der Waals surface area contributed by atoms with Gasteiger partial charge in [-0.1, -0.05) is 45.9 Å². The number of benzene rings is 3. The molecule has 4 aromatic carbocycles. The third kappa shape index (κ3) is 7.65. The molecule has 4 aromatic rings. The van der Waals surface area contributed by atoms with E-state index in [-0.39, 0.29) is 58.9 Å². The van der Waals surface area contributed by atoms with Crippen LogP contribution in [0.3, 0.4) is 0 Å². The fourth-order valence-electron chi connectivity index (χ4n) is 7.64. The van der Waals surface area contributed by atoms with Crippen molar-refractivity contribution in [3.05, 3.63) is 57.1 Å². The number of aryl methyl sites for hydroxylation is 3. The zero-order valence-corrected chi connectivity index (χ0v) is 38.4. The summed E-state index contributed by atoms with van der Waals surface area (Å²) in [6.07, 6.45) is 0. The maximum Gasteiger partial charge on any atom is 4.00 e. The van der Waals surface area contributed by atoms with Crippen molar-refractivity contribution in [1.82, 2.24) is 0 Å². The van der Waals surface area contributed by atoms with Crippen LogP contribution in [0.15, 0.2) is 18.2 Å². The molecule has 0 N–H and O–H groups in total. The van der Waals surface area contributed by atoms with Crippen LogP contribution in [0, 0.1) is 48.5 Å². The molecule has 0 aromatic heterocycles. The summed E-state index contributed by atoms with van der Waals surface area (Å²) in [5.41, 5.74) is 7.32. The Morgan fingerprint density at radius 2 is 0.566 bits per heavy atom. The van der Waals surface area contributed by atoms with Crippen molar-refractivity contribution in [2.75, 3.05) is 64.0 Å². The Balaban J connectivity index is 0.00000676. The number of ether oxygens (including phenoxy) is 9. The molecule has 0 spiro atoms. The molecule has 290 valence electrons. The van der Waals surface area contributed by atoms with Gasteiger partial charge in [-0.25, -0.2) is 0 Å². The minimum atomic E-state index is -3.72. The second kappa shape index (κ2) is 20.1. The fraction of sp³-hybridized carbons (Fsp3) is 0.410. The third-order valence-corrected chi connectivity index (χ3v) is 15.0. The van der Waals surface area contributed by atoms with E-state index in [9.17, 15) is 0 Å². The van der Waals surface area contributed by atoms with Crippen molar-refractivity contribution < 1.29 is 102 Å². The van der Waals surface area contributed by atoms with Crippen LogP contribution in [0.4, 0.5) is 0 Å². The van der Waals surface area contributed by atoms with E-state index in [1.807, 2.05) is 20.8 Å². The summed E-state index contributed by atoms with van der Waals surface area (Å²) in [4.78, 5) is 0. The van der Waals surface area contributed by atoms with E-state index >= 15 is 0 Å². The van der Waals surface area contributed by atoms with Crippen molar-refractivity contribution in [2.24, 2.45) is 0 Å². The molecule has 14 heteroatoms. The van der Waals surface area contributed by atoms with Crippen LogP contribution in [0.5, 0.6) is 51.7 Å². The fourth-order valence-corrected chi connectivity index (χ4v) is 13.8. The van der Waals surface area contributed by atoms with Crippen LogP contribution in [0.1, 0.15) is 38.9 Å². The Morgan fingerprint density at radius 1 is 0.358 bits per heavy atom. The van der Waals surface area contributed by atoms with E-state index < -0.39 is 8.07 Å². The van der Waals surface area contributed by atoms with Gasteiger partial charge >= 0.3 is 21.7 Å². The first-order valence-corrected chi connectivity index (χ1v) is 18.0. The predicted molar refractivity (Wildman–Crippen MR) is 198 cm³/mol. The summed E-state index contributed by atoms with van der Waals surface area (Å²) in [5, 5.41) is 3.85. The Labute approximate surface area is 349 Å². The van der Waals surface area contributed by atoms with Gasteiger partial charge in [-0.15, -0.1) is 5.19 Å². The molecule has 0 fully saturated rings. The molecule has 0 aliphatic heterocycles. The molecule has 4 rings (SSSR count). The van der Waals surface area contributed by atoms with Crippen molar-refractivity contribution >= 4 is 28.8 Å². The standard InChI is InChI=1S/C39H51O9Si.3ClH.Ti/c1-20-17-27(33(43-11)36(46-14)30(20)40-8)49(39-25(6)23(4)24(5)26(39)7,28-18-21(2)31(41-9)37(47-15)34(28)44-12)29-19-22(3)32(42-10)38(48-16)35(29)45-13;;;;/h17-19H,1-16H3;3*1H;/q-1;;;;+4/p-3. The van der Waals surface area contributed by atoms with Crippen LogP contribution in [0.2, 0.25) is 0 Å². The largest absolute Gasteiger partial charge is 4.00 e. The average Bonchev–Trinajstić information content (AvgIpc) is 3.29. The van der Waals surface area contributed by atoms with Gasteiger partial charge < -0.3 is 79.9 Å². The first-order valence-electron chi connectivity index (χ1n) is 16.0. The van der Waals surface area contributed by atoms with Gasteiger partial charge in [-0.05, 0) is 53.0 Å². The molecule has 0 unspecified atom stereocenters. The van der Waals surface area contributed by atoms with E-state index in [0.29, 0.717) is 51.7 Å². The Bertz CT molecular complexity index is 1700. The van der Waals surface area contributed by atoms with Crippen LogP contribution in [0.25, 0.3) is 0 Å². The Morgan fingerprint density at radius 3 is 0.755 bits per heavy atom. The van der Waals surface area contributed by atoms with Gasteiger partial charge in [0.25, 0.3) is 0 Å². The van der Waals surface area contributed by atoms with Crippen molar-refractivity contribution in [3.8, 4) is 51.7 Å². The first-order chi connectivity index (χ1) is 23.4. The Kier molecular flexibility index (Phi) is 18.9. The molecule has 9 nitrogen and oxygen atoms in total. The van der Waals surface area contributed by atoms with E-state index in [1.165, 1.54) is 11.1 Å². The van der Waals surface area contributed by atoms with Crippen molar-refractivity contribution in [1.29, 1.82) is 0 Å². The molecule has 0 saturated carbocycles. The third-order valence-electron chi connectivity index (χ3n) is 9.99. The molecule has 0 atom stereocenters. The smallest absolute Gasteiger partial charge is 1.00 e. The summed E-state index contributed by atoms with van der Waals surface area (Å²) in [5.74, 6) is 4.82. The molecule has 0 saturated heterocycles. The predicted octanol–water partition coefficient (Wildman–Crippen LogP) is -3.97. The maximum absolute atomic E-state index is 6.40. The van der Waals surface area contributed by atoms with Gasteiger partial charge in [0, 0.05) is 0 Å². The van der Waals surface area contributed by atoms with Crippen molar-refractivity contribution in [3.63, 3.8) is 0 Å². The minimum Gasteiger partial charge on any atom is -1.00 e. The summed E-state index contributed by atoms with van der Waals surface area (Å²) in [7, 11) is 11.0. The van der Waals surface area contributed by atoms with Gasteiger partial charge in [-0.3, -0.25) is 0 Å². The Hall–Kier alpha value is -2.99. The molecule has 0 radical (unpaired) electrons. The van der Waals surface area contributed by atoms with E-state index in [4.69, 9.17) is 42.6 Å². The number of rotatable bonds is 13. The van der Waals surface area contributed by atoms with Crippen LogP contribution in [-0.4, -0.2) is 72.1 Å². The average molecular weight is 846 g/mol. The van der Waals surface area contributed by atoms with Crippen LogP contribution < -0.4 is 101 Å². The second-order valence-corrected chi connectivity index (χ2v) is 15.8. The van der Waals surface area contributed by atoms with Gasteiger partial charge in [0.1, 0.15) is 8.07 Å². The molecule has 0 amide bonds. The van der Waals surface area contributed by atoms with E-state index in [1.54, 1.807) is 64.0 Å². The molecule has 0 aliphatic rings.